The number of hydrogen-bond acceptors (Lipinski definition) is 6. The first-order chi connectivity index (χ1) is 14.7. The zero-order valence-electron chi connectivity index (χ0n) is 18.3. The number of carbonyl (C=O) groups is 1. The normalized spacial score (nSPS) is 11.1. The first-order valence-electron chi connectivity index (χ1n) is 9.98. The van der Waals surface area contributed by atoms with Gasteiger partial charge in [0.05, 0.1) is 5.75 Å². The Balaban J connectivity index is 1.55. The molecule has 0 saturated heterocycles. The average Bonchev–Trinajstić information content (AvgIpc) is 3.15. The Bertz CT molecular complexity index is 1060. The zero-order valence-corrected chi connectivity index (χ0v) is 20.7. The van der Waals surface area contributed by atoms with Gasteiger partial charge in [0.25, 0.3) is 11.1 Å². The summed E-state index contributed by atoms with van der Waals surface area (Å²) in [6.07, 6.45) is 0. The summed E-state index contributed by atoms with van der Waals surface area (Å²) in [7, 11) is 0. The predicted molar refractivity (Wildman–Crippen MR) is 127 cm³/mol. The zero-order chi connectivity index (χ0) is 22.5. The molecule has 0 saturated carbocycles. The minimum atomic E-state index is -0.129. The molecule has 6 nitrogen and oxygen atoms in total. The Hall–Kier alpha value is -2.32. The van der Waals surface area contributed by atoms with Crippen molar-refractivity contribution in [2.45, 2.75) is 52.4 Å². The van der Waals surface area contributed by atoms with E-state index in [4.69, 9.17) is 9.15 Å². The third-order valence-corrected chi connectivity index (χ3v) is 5.96. The average molecular weight is 504 g/mol. The van der Waals surface area contributed by atoms with E-state index in [1.807, 2.05) is 39.0 Å². The topological polar surface area (TPSA) is 77.2 Å². The lowest BCUT2D eigenvalue weighted by atomic mass is 10.0. The molecule has 0 unspecified atom stereocenters. The maximum Gasteiger partial charge on any atom is 0.277 e. The highest BCUT2D eigenvalue weighted by atomic mass is 79.9. The Morgan fingerprint density at radius 3 is 2.55 bits per heavy atom. The van der Waals surface area contributed by atoms with Gasteiger partial charge >= 0.3 is 0 Å². The van der Waals surface area contributed by atoms with Crippen molar-refractivity contribution in [3.8, 4) is 5.75 Å². The number of anilines is 1. The SMILES string of the molecule is Cc1ccc(C(C)C)c(OCc2nnc(SCC(=O)Nc3c(C)cc(Br)cc3C)o2)c1. The number of nitrogens with one attached hydrogen (secondary N) is 1. The van der Waals surface area contributed by atoms with Gasteiger partial charge in [0.1, 0.15) is 5.75 Å². The molecule has 0 bridgehead atoms. The molecule has 1 heterocycles. The van der Waals surface area contributed by atoms with E-state index in [0.29, 0.717) is 17.0 Å². The second-order valence-electron chi connectivity index (χ2n) is 7.70. The van der Waals surface area contributed by atoms with Crippen molar-refractivity contribution in [2.75, 3.05) is 11.1 Å². The maximum absolute atomic E-state index is 12.4. The number of aromatic nitrogens is 2. The second-order valence-corrected chi connectivity index (χ2v) is 9.54. The van der Waals surface area contributed by atoms with Crippen molar-refractivity contribution < 1.29 is 13.9 Å². The third kappa shape index (κ3) is 6.33. The molecule has 3 rings (SSSR count). The smallest absolute Gasteiger partial charge is 0.277 e. The third-order valence-electron chi connectivity index (χ3n) is 4.68. The summed E-state index contributed by atoms with van der Waals surface area (Å²) in [5.41, 5.74) is 5.09. The summed E-state index contributed by atoms with van der Waals surface area (Å²) in [5, 5.41) is 11.3. The fourth-order valence-corrected chi connectivity index (χ4v) is 4.42. The Morgan fingerprint density at radius 2 is 1.87 bits per heavy atom. The van der Waals surface area contributed by atoms with Gasteiger partial charge in [0.2, 0.25) is 5.91 Å². The fraction of sp³-hybridized carbons (Fsp3) is 0.348. The van der Waals surface area contributed by atoms with Crippen LogP contribution in [0, 0.1) is 20.8 Å². The van der Waals surface area contributed by atoms with Crippen LogP contribution in [0.15, 0.2) is 44.4 Å². The van der Waals surface area contributed by atoms with Crippen molar-refractivity contribution in [3.63, 3.8) is 0 Å². The van der Waals surface area contributed by atoms with Gasteiger partial charge in [-0.05, 0) is 67.1 Å². The molecule has 1 aromatic heterocycles. The molecule has 0 fully saturated rings. The number of hydrogen-bond donors (Lipinski definition) is 1. The minimum absolute atomic E-state index is 0.129. The van der Waals surface area contributed by atoms with Gasteiger partial charge < -0.3 is 14.5 Å². The Kier molecular flexibility index (Phi) is 7.78. The van der Waals surface area contributed by atoms with E-state index >= 15 is 0 Å². The van der Waals surface area contributed by atoms with Gasteiger partial charge in [-0.25, -0.2) is 0 Å². The number of ether oxygens (including phenoxy) is 1. The molecule has 0 aliphatic carbocycles. The van der Waals surface area contributed by atoms with Gasteiger partial charge in [-0.2, -0.15) is 0 Å². The summed E-state index contributed by atoms with van der Waals surface area (Å²) in [6.45, 7) is 10.4. The van der Waals surface area contributed by atoms with Crippen LogP contribution in [-0.4, -0.2) is 21.9 Å². The number of nitrogens with zero attached hydrogens (tertiary/aromatic N) is 2. The van der Waals surface area contributed by atoms with Crippen LogP contribution in [0.3, 0.4) is 0 Å². The standard InChI is InChI=1S/C23H26BrN3O3S/c1-13(2)18-7-6-14(3)8-19(18)29-11-21-26-27-23(30-21)31-12-20(28)25-22-15(4)9-17(24)10-16(22)5/h6-10,13H,11-12H2,1-5H3,(H,25,28). The molecular weight excluding hydrogens is 478 g/mol. The lowest BCUT2D eigenvalue weighted by Crippen LogP contribution is -2.15. The van der Waals surface area contributed by atoms with Crippen LogP contribution in [0.5, 0.6) is 5.75 Å². The molecule has 3 aromatic rings. The molecule has 0 radical (unpaired) electrons. The van der Waals surface area contributed by atoms with Crippen LogP contribution in [0.2, 0.25) is 0 Å². The van der Waals surface area contributed by atoms with E-state index in [-0.39, 0.29) is 18.3 Å². The largest absolute Gasteiger partial charge is 0.484 e. The molecule has 0 atom stereocenters. The molecule has 31 heavy (non-hydrogen) atoms. The van der Waals surface area contributed by atoms with Gasteiger partial charge in [-0.15, -0.1) is 10.2 Å². The van der Waals surface area contributed by atoms with E-state index in [1.54, 1.807) is 0 Å². The lowest BCUT2D eigenvalue weighted by molar-refractivity contribution is -0.113. The van der Waals surface area contributed by atoms with Crippen LogP contribution in [0.4, 0.5) is 5.69 Å². The number of benzene rings is 2. The molecule has 0 aliphatic heterocycles. The summed E-state index contributed by atoms with van der Waals surface area (Å²) in [5.74, 6) is 1.59. The van der Waals surface area contributed by atoms with Crippen LogP contribution < -0.4 is 10.1 Å². The fourth-order valence-electron chi connectivity index (χ4n) is 3.15. The van der Waals surface area contributed by atoms with Crippen molar-refractivity contribution in [3.05, 3.63) is 62.9 Å². The van der Waals surface area contributed by atoms with Crippen molar-refractivity contribution >= 4 is 39.3 Å². The Labute approximate surface area is 195 Å². The monoisotopic (exact) mass is 503 g/mol. The van der Waals surface area contributed by atoms with E-state index < -0.39 is 0 Å². The summed E-state index contributed by atoms with van der Waals surface area (Å²) in [4.78, 5) is 12.4. The van der Waals surface area contributed by atoms with Crippen molar-refractivity contribution in [1.82, 2.24) is 10.2 Å². The van der Waals surface area contributed by atoms with Gasteiger partial charge in [-0.3, -0.25) is 4.79 Å². The predicted octanol–water partition coefficient (Wildman–Crippen LogP) is 6.19. The quantitative estimate of drug-likeness (QED) is 0.369. The summed E-state index contributed by atoms with van der Waals surface area (Å²) < 4.78 is 12.5. The van der Waals surface area contributed by atoms with Crippen LogP contribution in [-0.2, 0) is 11.4 Å². The summed E-state index contributed by atoms with van der Waals surface area (Å²) in [6, 6.07) is 10.1. The molecule has 0 aliphatic rings. The number of halogens is 1. The van der Waals surface area contributed by atoms with E-state index in [2.05, 4.69) is 57.4 Å². The molecule has 8 heteroatoms. The highest BCUT2D eigenvalue weighted by Crippen LogP contribution is 2.29. The molecule has 164 valence electrons. The van der Waals surface area contributed by atoms with Crippen molar-refractivity contribution in [1.29, 1.82) is 0 Å². The Morgan fingerprint density at radius 1 is 1.16 bits per heavy atom. The van der Waals surface area contributed by atoms with Crippen LogP contribution in [0.25, 0.3) is 0 Å². The number of amides is 1. The van der Waals surface area contributed by atoms with Gasteiger partial charge in [0, 0.05) is 10.2 Å². The van der Waals surface area contributed by atoms with Crippen LogP contribution >= 0.6 is 27.7 Å². The van der Waals surface area contributed by atoms with E-state index in [1.165, 1.54) is 11.8 Å². The van der Waals surface area contributed by atoms with Crippen LogP contribution in [0.1, 0.15) is 47.9 Å². The summed E-state index contributed by atoms with van der Waals surface area (Å²) >= 11 is 4.66. The number of thioether (sulfide) groups is 1. The molecular formula is C23H26BrN3O3S. The highest BCUT2D eigenvalue weighted by molar-refractivity contribution is 9.10. The first kappa shape index (κ1) is 23.3. The van der Waals surface area contributed by atoms with Gasteiger partial charge in [0.15, 0.2) is 6.61 Å². The first-order valence-corrected chi connectivity index (χ1v) is 11.8. The molecule has 0 spiro atoms. The second kappa shape index (κ2) is 10.3. The molecule has 1 N–H and O–H groups in total. The van der Waals surface area contributed by atoms with E-state index in [0.717, 1.165) is 38.2 Å². The molecule has 1 amide bonds. The lowest BCUT2D eigenvalue weighted by Gasteiger charge is -2.13. The number of carbonyl (C=O) groups excluding carboxylic acids is 1. The van der Waals surface area contributed by atoms with Gasteiger partial charge in [-0.1, -0.05) is 53.7 Å². The molecule has 2 aromatic carbocycles. The highest BCUT2D eigenvalue weighted by Gasteiger charge is 2.14. The maximum atomic E-state index is 12.4. The minimum Gasteiger partial charge on any atom is -0.484 e. The number of aryl methyl sites for hydroxylation is 3. The van der Waals surface area contributed by atoms with Crippen molar-refractivity contribution in [2.24, 2.45) is 0 Å². The number of rotatable bonds is 8. The van der Waals surface area contributed by atoms with E-state index in [9.17, 15) is 4.79 Å².